The molecule has 28 heavy (non-hydrogen) atoms. The molecule has 1 fully saturated rings. The van der Waals surface area contributed by atoms with Gasteiger partial charge in [0.1, 0.15) is 6.10 Å². The van der Waals surface area contributed by atoms with E-state index in [0.717, 1.165) is 24.0 Å². The van der Waals surface area contributed by atoms with Gasteiger partial charge in [-0.2, -0.15) is 0 Å². The fourth-order valence-corrected chi connectivity index (χ4v) is 3.64. The Morgan fingerprint density at radius 3 is 1.93 bits per heavy atom. The summed E-state index contributed by atoms with van der Waals surface area (Å²) in [5.74, 6) is -0.135. The molecule has 0 aliphatic carbocycles. The standard InChI is InChI=1S/C23H23N3O2/c27-22(21(18-8-3-1-4-9-18)19-10-5-2-6-11-19)26-16-12-20(13-17-26)28-23-24-14-7-15-25-23/h1-11,14-15,20-21H,12-13,16-17H2. The fraction of sp³-hybridized carbons (Fsp3) is 0.261. The molecule has 0 N–H and O–H groups in total. The lowest BCUT2D eigenvalue weighted by molar-refractivity contribution is -0.133. The number of piperidine rings is 1. The van der Waals surface area contributed by atoms with Crippen LogP contribution in [0.25, 0.3) is 0 Å². The molecule has 2 aromatic carbocycles. The van der Waals surface area contributed by atoms with Crippen molar-refractivity contribution in [2.24, 2.45) is 0 Å². The lowest BCUT2D eigenvalue weighted by Crippen LogP contribution is -2.44. The number of hydrogen-bond acceptors (Lipinski definition) is 4. The molecule has 4 rings (SSSR count). The Labute approximate surface area is 165 Å². The highest BCUT2D eigenvalue weighted by Gasteiger charge is 2.31. The minimum absolute atomic E-state index is 0.0401. The van der Waals surface area contributed by atoms with Gasteiger partial charge < -0.3 is 9.64 Å². The number of benzene rings is 2. The number of amides is 1. The van der Waals surface area contributed by atoms with Crippen LogP contribution in [0, 0.1) is 0 Å². The van der Waals surface area contributed by atoms with Crippen molar-refractivity contribution >= 4 is 5.91 Å². The van der Waals surface area contributed by atoms with Crippen molar-refractivity contribution in [2.45, 2.75) is 24.9 Å². The van der Waals surface area contributed by atoms with Crippen LogP contribution in [0.5, 0.6) is 6.01 Å². The van der Waals surface area contributed by atoms with Crippen molar-refractivity contribution in [1.29, 1.82) is 0 Å². The van der Waals surface area contributed by atoms with Crippen molar-refractivity contribution in [3.63, 3.8) is 0 Å². The molecule has 5 heteroatoms. The molecule has 5 nitrogen and oxygen atoms in total. The number of aromatic nitrogens is 2. The van der Waals surface area contributed by atoms with Gasteiger partial charge >= 0.3 is 6.01 Å². The average Bonchev–Trinajstić information content (AvgIpc) is 2.77. The van der Waals surface area contributed by atoms with Crippen LogP contribution in [0.15, 0.2) is 79.1 Å². The lowest BCUT2D eigenvalue weighted by Gasteiger charge is -2.34. The van der Waals surface area contributed by atoms with Gasteiger partial charge in [0.05, 0.1) is 5.92 Å². The van der Waals surface area contributed by atoms with E-state index in [4.69, 9.17) is 4.74 Å². The van der Waals surface area contributed by atoms with Gasteiger partial charge in [0.2, 0.25) is 5.91 Å². The zero-order chi connectivity index (χ0) is 19.2. The summed E-state index contributed by atoms with van der Waals surface area (Å²) in [5.41, 5.74) is 2.05. The summed E-state index contributed by atoms with van der Waals surface area (Å²) in [6, 6.07) is 22.2. The van der Waals surface area contributed by atoms with Crippen LogP contribution >= 0.6 is 0 Å². The van der Waals surface area contributed by atoms with E-state index >= 15 is 0 Å². The predicted molar refractivity (Wildman–Crippen MR) is 107 cm³/mol. The maximum absolute atomic E-state index is 13.4. The monoisotopic (exact) mass is 373 g/mol. The molecule has 0 atom stereocenters. The summed E-state index contributed by atoms with van der Waals surface area (Å²) in [6.45, 7) is 1.35. The van der Waals surface area contributed by atoms with Gasteiger partial charge in [0, 0.05) is 38.3 Å². The molecule has 1 aliphatic rings. The second kappa shape index (κ2) is 8.65. The van der Waals surface area contributed by atoms with Gasteiger partial charge in [0.25, 0.3) is 0 Å². The molecule has 3 aromatic rings. The summed E-state index contributed by atoms with van der Waals surface area (Å²) in [6.07, 6.45) is 4.94. The van der Waals surface area contributed by atoms with E-state index < -0.39 is 0 Å². The average molecular weight is 373 g/mol. The number of ether oxygens (including phenoxy) is 1. The maximum atomic E-state index is 13.4. The van der Waals surface area contributed by atoms with Crippen molar-refractivity contribution in [1.82, 2.24) is 14.9 Å². The quantitative estimate of drug-likeness (QED) is 0.685. The highest BCUT2D eigenvalue weighted by atomic mass is 16.5. The second-order valence-corrected chi connectivity index (χ2v) is 6.93. The van der Waals surface area contributed by atoms with E-state index in [1.807, 2.05) is 65.6 Å². The number of nitrogens with zero attached hydrogens (tertiary/aromatic N) is 3. The number of carbonyl (C=O) groups is 1. The Hall–Kier alpha value is -3.21. The number of hydrogen-bond donors (Lipinski definition) is 0. The van der Waals surface area contributed by atoms with Gasteiger partial charge in [-0.05, 0) is 17.2 Å². The van der Waals surface area contributed by atoms with Crippen LogP contribution in [-0.2, 0) is 4.79 Å². The number of rotatable bonds is 5. The molecule has 2 heterocycles. The molecule has 0 spiro atoms. The molecule has 1 aliphatic heterocycles. The van der Waals surface area contributed by atoms with E-state index in [-0.39, 0.29) is 17.9 Å². The van der Waals surface area contributed by atoms with Crippen LogP contribution in [0.1, 0.15) is 29.9 Å². The zero-order valence-electron chi connectivity index (χ0n) is 15.6. The van der Waals surface area contributed by atoms with Gasteiger partial charge in [-0.1, -0.05) is 60.7 Å². The van der Waals surface area contributed by atoms with E-state index in [9.17, 15) is 4.79 Å². The molecular weight excluding hydrogens is 350 g/mol. The Morgan fingerprint density at radius 2 is 1.39 bits per heavy atom. The fourth-order valence-electron chi connectivity index (χ4n) is 3.64. The topological polar surface area (TPSA) is 55.3 Å². The molecule has 1 amide bonds. The Morgan fingerprint density at radius 1 is 0.857 bits per heavy atom. The summed E-state index contributed by atoms with van der Waals surface area (Å²) in [5, 5.41) is 0. The molecule has 0 bridgehead atoms. The summed E-state index contributed by atoms with van der Waals surface area (Å²) in [7, 11) is 0. The Bertz CT molecular complexity index is 840. The van der Waals surface area contributed by atoms with Crippen LogP contribution in [0.2, 0.25) is 0 Å². The van der Waals surface area contributed by atoms with E-state index in [2.05, 4.69) is 9.97 Å². The highest BCUT2D eigenvalue weighted by molar-refractivity contribution is 5.87. The van der Waals surface area contributed by atoms with E-state index in [0.29, 0.717) is 19.1 Å². The van der Waals surface area contributed by atoms with Crippen LogP contribution in [0.3, 0.4) is 0 Å². The number of likely N-dealkylation sites (tertiary alicyclic amines) is 1. The predicted octanol–water partition coefficient (Wildman–Crippen LogP) is 3.68. The SMILES string of the molecule is O=C(C(c1ccccc1)c1ccccc1)N1CCC(Oc2ncccn2)CC1. The highest BCUT2D eigenvalue weighted by Crippen LogP contribution is 2.28. The lowest BCUT2D eigenvalue weighted by atomic mass is 9.89. The molecule has 0 unspecified atom stereocenters. The molecule has 142 valence electrons. The summed E-state index contributed by atoms with van der Waals surface area (Å²) in [4.78, 5) is 23.6. The largest absolute Gasteiger partial charge is 0.460 e. The first kappa shape index (κ1) is 18.2. The van der Waals surface area contributed by atoms with Crippen molar-refractivity contribution < 1.29 is 9.53 Å². The van der Waals surface area contributed by atoms with Crippen molar-refractivity contribution in [3.05, 3.63) is 90.3 Å². The van der Waals surface area contributed by atoms with Gasteiger partial charge in [0.15, 0.2) is 0 Å². The Kier molecular flexibility index (Phi) is 5.61. The molecule has 0 radical (unpaired) electrons. The minimum Gasteiger partial charge on any atom is -0.460 e. The molecule has 1 aromatic heterocycles. The summed E-state index contributed by atoms with van der Waals surface area (Å²) >= 11 is 0. The third-order valence-electron chi connectivity index (χ3n) is 5.08. The van der Waals surface area contributed by atoms with Crippen LogP contribution < -0.4 is 4.74 Å². The van der Waals surface area contributed by atoms with Gasteiger partial charge in [-0.3, -0.25) is 4.79 Å². The molecule has 1 saturated heterocycles. The van der Waals surface area contributed by atoms with E-state index in [1.54, 1.807) is 18.5 Å². The molecule has 0 saturated carbocycles. The van der Waals surface area contributed by atoms with Gasteiger partial charge in [-0.25, -0.2) is 9.97 Å². The first-order chi connectivity index (χ1) is 13.8. The normalized spacial score (nSPS) is 14.8. The molecular formula is C23H23N3O2. The first-order valence-corrected chi connectivity index (χ1v) is 9.63. The van der Waals surface area contributed by atoms with Crippen molar-refractivity contribution in [3.8, 4) is 6.01 Å². The third-order valence-corrected chi connectivity index (χ3v) is 5.08. The summed E-state index contributed by atoms with van der Waals surface area (Å²) < 4.78 is 5.85. The maximum Gasteiger partial charge on any atom is 0.316 e. The zero-order valence-corrected chi connectivity index (χ0v) is 15.6. The first-order valence-electron chi connectivity index (χ1n) is 9.63. The number of carbonyl (C=O) groups excluding carboxylic acids is 1. The minimum atomic E-state index is -0.280. The second-order valence-electron chi connectivity index (χ2n) is 6.93. The van der Waals surface area contributed by atoms with Crippen LogP contribution in [-0.4, -0.2) is 40.0 Å². The van der Waals surface area contributed by atoms with Gasteiger partial charge in [-0.15, -0.1) is 0 Å². The Balaban J connectivity index is 1.46. The third kappa shape index (κ3) is 4.19. The smallest absolute Gasteiger partial charge is 0.316 e. The van der Waals surface area contributed by atoms with Crippen molar-refractivity contribution in [2.75, 3.05) is 13.1 Å². The van der Waals surface area contributed by atoms with E-state index in [1.165, 1.54) is 0 Å². The van der Waals surface area contributed by atoms with Crippen LogP contribution in [0.4, 0.5) is 0 Å².